The third kappa shape index (κ3) is 3.94. The predicted molar refractivity (Wildman–Crippen MR) is 122 cm³/mol. The zero-order valence-corrected chi connectivity index (χ0v) is 17.0. The number of aromatic carboxylic acids is 1. The Kier molecular flexibility index (Phi) is 5.09. The molecule has 0 bridgehead atoms. The smallest absolute Gasteiger partial charge is 0.337 e. The number of H-pyrrole nitrogens is 1. The van der Waals surface area contributed by atoms with Gasteiger partial charge in [0, 0.05) is 11.8 Å². The van der Waals surface area contributed by atoms with Crippen LogP contribution in [0.2, 0.25) is 0 Å². The van der Waals surface area contributed by atoms with Gasteiger partial charge in [-0.15, -0.1) is 0 Å². The number of carboxylic acid groups (broad SMARTS) is 1. The maximum atomic E-state index is 11.4. The van der Waals surface area contributed by atoms with Crippen molar-refractivity contribution in [3.05, 3.63) is 102 Å². The van der Waals surface area contributed by atoms with Gasteiger partial charge in [0.1, 0.15) is 23.7 Å². The number of rotatable bonds is 6. The fourth-order valence-corrected chi connectivity index (χ4v) is 3.55. The summed E-state index contributed by atoms with van der Waals surface area (Å²) >= 11 is 0. The van der Waals surface area contributed by atoms with E-state index in [0.717, 1.165) is 28.1 Å². The first kappa shape index (κ1) is 19.5. The molecule has 0 aliphatic carbocycles. The Labute approximate surface area is 184 Å². The zero-order chi connectivity index (χ0) is 21.9. The molecule has 0 aliphatic heterocycles. The highest BCUT2D eigenvalue weighted by atomic mass is 16.5. The first-order valence-corrected chi connectivity index (χ1v) is 10.1. The maximum absolute atomic E-state index is 11.4. The molecule has 0 saturated carbocycles. The van der Waals surface area contributed by atoms with E-state index in [4.69, 9.17) is 4.74 Å². The van der Waals surface area contributed by atoms with Crippen LogP contribution in [-0.2, 0) is 6.61 Å². The second-order valence-corrected chi connectivity index (χ2v) is 7.30. The molecular weight excluding hydrogens is 402 g/mol. The lowest BCUT2D eigenvalue weighted by molar-refractivity contribution is 0.0699. The summed E-state index contributed by atoms with van der Waals surface area (Å²) < 4.78 is 5.80. The zero-order valence-electron chi connectivity index (χ0n) is 17.0. The number of benzene rings is 3. The summed E-state index contributed by atoms with van der Waals surface area (Å²) in [6.45, 7) is 0.427. The van der Waals surface area contributed by atoms with Gasteiger partial charge in [-0.1, -0.05) is 48.5 Å². The van der Waals surface area contributed by atoms with Crippen LogP contribution >= 0.6 is 0 Å². The highest BCUT2D eigenvalue weighted by molar-refractivity contribution is 6.01. The van der Waals surface area contributed by atoms with E-state index >= 15 is 0 Å². The minimum atomic E-state index is -0.989. The molecule has 5 rings (SSSR count). The summed E-state index contributed by atoms with van der Waals surface area (Å²) in [6.07, 6.45) is 1.75. The van der Waals surface area contributed by atoms with Crippen molar-refractivity contribution in [2.45, 2.75) is 6.61 Å². The first-order chi connectivity index (χ1) is 15.7. The lowest BCUT2D eigenvalue weighted by Gasteiger charge is -2.07. The molecule has 3 aromatic carbocycles. The number of nitrogens with one attached hydrogen (secondary N) is 1. The number of para-hydroxylation sites is 1. The van der Waals surface area contributed by atoms with E-state index in [2.05, 4.69) is 15.0 Å². The second-order valence-electron chi connectivity index (χ2n) is 7.30. The molecule has 0 atom stereocenters. The number of ether oxygens (including phenoxy) is 1. The molecule has 0 radical (unpaired) electrons. The minimum Gasteiger partial charge on any atom is -0.487 e. The third-order valence-electron chi connectivity index (χ3n) is 5.20. The molecule has 0 amide bonds. The van der Waals surface area contributed by atoms with Crippen LogP contribution in [0, 0.1) is 0 Å². The molecule has 0 unspecified atom stereocenters. The third-order valence-corrected chi connectivity index (χ3v) is 5.20. The summed E-state index contributed by atoms with van der Waals surface area (Å²) in [7, 11) is 0. The molecule has 0 spiro atoms. The van der Waals surface area contributed by atoms with Gasteiger partial charge in [0.25, 0.3) is 0 Å². The molecule has 0 saturated heterocycles. The predicted octanol–water partition coefficient (Wildman–Crippen LogP) is 5.57. The van der Waals surface area contributed by atoms with E-state index in [1.807, 2.05) is 72.8 Å². The molecule has 5 aromatic rings. The van der Waals surface area contributed by atoms with Gasteiger partial charge in [0.2, 0.25) is 0 Å². The van der Waals surface area contributed by atoms with Gasteiger partial charge in [-0.2, -0.15) is 0 Å². The molecule has 32 heavy (non-hydrogen) atoms. The number of aromatic amines is 1. The number of pyridine rings is 1. The Morgan fingerprint density at radius 3 is 2.25 bits per heavy atom. The number of hydrogen-bond acceptors (Lipinski definition) is 4. The van der Waals surface area contributed by atoms with Crippen molar-refractivity contribution in [1.29, 1.82) is 0 Å². The van der Waals surface area contributed by atoms with Gasteiger partial charge in [0.15, 0.2) is 0 Å². The highest BCUT2D eigenvalue weighted by Gasteiger charge is 2.13. The van der Waals surface area contributed by atoms with Crippen LogP contribution in [0.25, 0.3) is 33.5 Å². The second kappa shape index (κ2) is 8.35. The van der Waals surface area contributed by atoms with E-state index in [1.54, 1.807) is 18.3 Å². The van der Waals surface area contributed by atoms with Gasteiger partial charge in [0.05, 0.1) is 16.8 Å². The van der Waals surface area contributed by atoms with Gasteiger partial charge in [-0.25, -0.2) is 9.78 Å². The molecular formula is C26H19N3O3. The SMILES string of the molecule is O=C(O)c1cccc2[nH]c(-c3ccc(-c4ccc(OCc5ccccn5)cc4)cc3)nc12. The van der Waals surface area contributed by atoms with E-state index in [9.17, 15) is 9.90 Å². The molecule has 2 N–H and O–H groups in total. The number of fused-ring (bicyclic) bond motifs is 1. The summed E-state index contributed by atoms with van der Waals surface area (Å²) in [6, 6.07) is 26.7. The quantitative estimate of drug-likeness (QED) is 0.374. The minimum absolute atomic E-state index is 0.187. The van der Waals surface area contributed by atoms with Crippen LogP contribution in [0.1, 0.15) is 16.1 Å². The Morgan fingerprint density at radius 2 is 1.56 bits per heavy atom. The van der Waals surface area contributed by atoms with Crippen molar-refractivity contribution in [3.8, 4) is 28.3 Å². The van der Waals surface area contributed by atoms with Crippen molar-refractivity contribution >= 4 is 17.0 Å². The standard InChI is InChI=1S/C26H19N3O3/c30-26(31)22-5-3-6-23-24(22)29-25(28-23)19-9-7-17(8-10-19)18-11-13-21(14-12-18)32-16-20-4-1-2-15-27-20/h1-15H,16H2,(H,28,29)(H,30,31). The number of nitrogens with zero attached hydrogens (tertiary/aromatic N) is 2. The van der Waals surface area contributed by atoms with Crippen LogP contribution in [0.4, 0.5) is 0 Å². The first-order valence-electron chi connectivity index (χ1n) is 10.1. The Balaban J connectivity index is 1.33. The van der Waals surface area contributed by atoms with Crippen LogP contribution < -0.4 is 4.74 Å². The van der Waals surface area contributed by atoms with Gasteiger partial charge in [-0.3, -0.25) is 4.98 Å². The molecule has 2 heterocycles. The topological polar surface area (TPSA) is 88.1 Å². The summed E-state index contributed by atoms with van der Waals surface area (Å²) in [4.78, 5) is 23.4. The molecule has 0 aliphatic rings. The van der Waals surface area contributed by atoms with Crippen LogP contribution in [0.15, 0.2) is 91.1 Å². The van der Waals surface area contributed by atoms with Crippen LogP contribution in [0.5, 0.6) is 5.75 Å². The van der Waals surface area contributed by atoms with Gasteiger partial charge >= 0.3 is 5.97 Å². The van der Waals surface area contributed by atoms with E-state index in [-0.39, 0.29) is 5.56 Å². The van der Waals surface area contributed by atoms with Crippen molar-refractivity contribution in [2.75, 3.05) is 0 Å². The number of carbonyl (C=O) groups is 1. The lowest BCUT2D eigenvalue weighted by Crippen LogP contribution is -1.97. The lowest BCUT2D eigenvalue weighted by atomic mass is 10.0. The van der Waals surface area contributed by atoms with E-state index in [0.29, 0.717) is 23.5 Å². The summed E-state index contributed by atoms with van der Waals surface area (Å²) in [5, 5.41) is 9.37. The average molecular weight is 421 g/mol. The molecule has 156 valence electrons. The van der Waals surface area contributed by atoms with E-state index in [1.165, 1.54) is 0 Å². The fraction of sp³-hybridized carbons (Fsp3) is 0.0385. The fourth-order valence-electron chi connectivity index (χ4n) is 3.55. The molecule has 2 aromatic heterocycles. The average Bonchev–Trinajstić information content (AvgIpc) is 3.28. The Morgan fingerprint density at radius 1 is 0.844 bits per heavy atom. The highest BCUT2D eigenvalue weighted by Crippen LogP contribution is 2.27. The maximum Gasteiger partial charge on any atom is 0.337 e. The molecule has 6 nitrogen and oxygen atoms in total. The van der Waals surface area contributed by atoms with Crippen molar-refractivity contribution in [3.63, 3.8) is 0 Å². The van der Waals surface area contributed by atoms with Crippen molar-refractivity contribution < 1.29 is 14.6 Å². The Bertz CT molecular complexity index is 1380. The molecule has 6 heteroatoms. The number of carboxylic acids is 1. The number of imidazole rings is 1. The van der Waals surface area contributed by atoms with Crippen molar-refractivity contribution in [1.82, 2.24) is 15.0 Å². The van der Waals surface area contributed by atoms with Gasteiger partial charge in [-0.05, 0) is 47.5 Å². The number of hydrogen-bond donors (Lipinski definition) is 2. The number of aromatic nitrogens is 3. The normalized spacial score (nSPS) is 10.9. The van der Waals surface area contributed by atoms with E-state index < -0.39 is 5.97 Å². The Hall–Kier alpha value is -4.45. The summed E-state index contributed by atoms with van der Waals surface area (Å²) in [5.41, 5.74) is 5.24. The van der Waals surface area contributed by atoms with Crippen LogP contribution in [0.3, 0.4) is 0 Å². The van der Waals surface area contributed by atoms with Crippen molar-refractivity contribution in [2.24, 2.45) is 0 Å². The van der Waals surface area contributed by atoms with Gasteiger partial charge < -0.3 is 14.8 Å². The van der Waals surface area contributed by atoms with Crippen LogP contribution in [-0.4, -0.2) is 26.0 Å². The largest absolute Gasteiger partial charge is 0.487 e. The monoisotopic (exact) mass is 421 g/mol. The molecule has 0 fully saturated rings. The summed E-state index contributed by atoms with van der Waals surface area (Å²) in [5.74, 6) is 0.433.